The molecule has 0 spiro atoms. The van der Waals surface area contributed by atoms with E-state index in [9.17, 15) is 0 Å². The molecule has 1 fully saturated rings. The summed E-state index contributed by atoms with van der Waals surface area (Å²) in [6.45, 7) is 14.2. The van der Waals surface area contributed by atoms with Crippen LogP contribution in [-0.2, 0) is 17.4 Å². The Kier molecular flexibility index (Phi) is 11.9. The molecular formula is C46H58Cl2SiZr. The zero-order chi connectivity index (χ0) is 33.8. The van der Waals surface area contributed by atoms with E-state index in [2.05, 4.69) is 148 Å². The topological polar surface area (TPSA) is 0 Å². The van der Waals surface area contributed by atoms with Gasteiger partial charge in [-0.15, -0.1) is 24.8 Å². The van der Waals surface area contributed by atoms with E-state index in [4.69, 9.17) is 0 Å². The van der Waals surface area contributed by atoms with Crippen molar-refractivity contribution in [1.29, 1.82) is 0 Å². The van der Waals surface area contributed by atoms with Crippen molar-refractivity contribution >= 4 is 43.8 Å². The molecule has 7 rings (SSSR count). The van der Waals surface area contributed by atoms with Gasteiger partial charge in [-0.1, -0.05) is 0 Å². The van der Waals surface area contributed by atoms with Crippen molar-refractivity contribution in [2.24, 2.45) is 5.92 Å². The Morgan fingerprint density at radius 1 is 0.640 bits per heavy atom. The number of halogens is 2. The van der Waals surface area contributed by atoms with Gasteiger partial charge in [-0.05, 0) is 0 Å². The number of hydrogen-bond acceptors (Lipinski definition) is 0. The Hall–Kier alpha value is -1.96. The minimum absolute atomic E-state index is 0. The SMILES string of the molecule is CCC(C)c1ccc(-c2cccc3c2C=C(C)[CH]3[Zr]([CH3])([CH3])(=[SiH2])[CH]2C(C3CCCC3)=Cc3c(-c4ccc(C(C)CC)cc4)cccc32)cc1.Cl.Cl. The Balaban J connectivity index is 0.00000243. The normalized spacial score (nSPS) is 19.8. The van der Waals surface area contributed by atoms with Crippen LogP contribution in [0.3, 0.4) is 0 Å². The fourth-order valence-corrected chi connectivity index (χ4v) is 30.4. The second-order valence-corrected chi connectivity index (χ2v) is 47.3. The smallest absolute Gasteiger partial charge is 0.147 e. The fraction of sp³-hybridized carbons (Fsp3) is 0.391. The summed E-state index contributed by atoms with van der Waals surface area (Å²) < 4.78 is 6.75. The maximum Gasteiger partial charge on any atom is -0.147 e. The first kappa shape index (κ1) is 39.3. The zero-order valence-electron chi connectivity index (χ0n) is 31.4. The van der Waals surface area contributed by atoms with E-state index in [0.717, 1.165) is 5.92 Å². The van der Waals surface area contributed by atoms with Crippen LogP contribution in [0.1, 0.15) is 126 Å². The van der Waals surface area contributed by atoms with Crippen molar-refractivity contribution in [1.82, 2.24) is 0 Å². The molecule has 3 aliphatic rings. The standard InChI is InChI=1S/C24H27.C20H21.2CH3.2ClH.H2Si.Zr/c1-3-17(2)18-11-13-20(14-12-18)23-10-6-9-21-15-22(16-24(21)23)19-7-4-5-8-19;1-4-15(3)16-8-10-17(11-9-16)19-7-5-6-18-12-14(2)13-20(18)19;;;;;;/h6,9-17,19H,3-5,7-8H2,1-2H3;5-13,15H,4H2,1-3H3;2*1H3;2*1H;1H2;. The number of benzene rings is 4. The third kappa shape index (κ3) is 6.82. The molecule has 0 radical (unpaired) electrons. The Morgan fingerprint density at radius 3 is 1.54 bits per heavy atom. The van der Waals surface area contributed by atoms with E-state index < -0.39 is 17.4 Å². The van der Waals surface area contributed by atoms with Gasteiger partial charge < -0.3 is 0 Å². The summed E-state index contributed by atoms with van der Waals surface area (Å²) in [5, 5.41) is 0. The van der Waals surface area contributed by atoms with Crippen LogP contribution in [0.25, 0.3) is 34.4 Å². The third-order valence-electron chi connectivity index (χ3n) is 12.9. The zero-order valence-corrected chi connectivity index (χ0v) is 36.9. The van der Waals surface area contributed by atoms with Crippen molar-refractivity contribution in [3.63, 3.8) is 0 Å². The number of rotatable bonds is 9. The van der Waals surface area contributed by atoms with Gasteiger partial charge in [0, 0.05) is 0 Å². The maximum atomic E-state index is 2.82. The van der Waals surface area contributed by atoms with E-state index in [1.54, 1.807) is 22.3 Å². The summed E-state index contributed by atoms with van der Waals surface area (Å²) >= 11 is -3.68. The molecule has 264 valence electrons. The molecule has 0 N–H and O–H groups in total. The van der Waals surface area contributed by atoms with Gasteiger partial charge in [0.2, 0.25) is 0 Å². The summed E-state index contributed by atoms with van der Waals surface area (Å²) in [5.74, 6) is 1.93. The van der Waals surface area contributed by atoms with Gasteiger partial charge in [-0.2, -0.15) is 0 Å². The first-order valence-electron chi connectivity index (χ1n) is 18.9. The van der Waals surface area contributed by atoms with Crippen molar-refractivity contribution in [3.05, 3.63) is 129 Å². The van der Waals surface area contributed by atoms with Crippen LogP contribution in [-0.4, -0.2) is 6.88 Å². The molecule has 0 saturated heterocycles. The van der Waals surface area contributed by atoms with Gasteiger partial charge in [-0.25, -0.2) is 0 Å². The molecule has 0 aromatic heterocycles. The van der Waals surface area contributed by atoms with Gasteiger partial charge in [0.1, 0.15) is 0 Å². The number of fused-ring (bicyclic) bond motifs is 2. The molecule has 0 bridgehead atoms. The monoisotopic (exact) mass is 798 g/mol. The molecule has 3 aliphatic carbocycles. The molecule has 1 saturated carbocycles. The van der Waals surface area contributed by atoms with Crippen molar-refractivity contribution < 1.29 is 17.4 Å². The summed E-state index contributed by atoms with van der Waals surface area (Å²) in [6, 6.07) is 33.5. The minimum atomic E-state index is -3.68. The van der Waals surface area contributed by atoms with Gasteiger partial charge in [0.25, 0.3) is 0 Å². The third-order valence-corrected chi connectivity index (χ3v) is 30.5. The molecule has 0 nitrogen and oxygen atoms in total. The first-order valence-corrected chi connectivity index (χ1v) is 32.6. The van der Waals surface area contributed by atoms with Crippen LogP contribution in [0.2, 0.25) is 9.26 Å². The Morgan fingerprint density at radius 2 is 1.08 bits per heavy atom. The molecule has 4 aromatic carbocycles. The van der Waals surface area contributed by atoms with Gasteiger partial charge in [0.05, 0.1) is 0 Å². The summed E-state index contributed by atoms with van der Waals surface area (Å²) in [4.78, 5) is 0. The molecule has 50 heavy (non-hydrogen) atoms. The van der Waals surface area contributed by atoms with E-state index in [1.807, 2.05) is 0 Å². The molecule has 4 aromatic rings. The molecular weight excluding hydrogens is 743 g/mol. The van der Waals surface area contributed by atoms with E-state index in [0.29, 0.717) is 19.1 Å². The first-order chi connectivity index (χ1) is 23.0. The number of allylic oxidation sites excluding steroid dienone is 2. The quantitative estimate of drug-likeness (QED) is 0.148. The molecule has 4 heteroatoms. The molecule has 0 amide bonds. The predicted molar refractivity (Wildman–Crippen MR) is 225 cm³/mol. The van der Waals surface area contributed by atoms with Gasteiger partial charge in [-0.3, -0.25) is 0 Å². The second kappa shape index (κ2) is 15.2. The molecule has 0 aliphatic heterocycles. The van der Waals surface area contributed by atoms with Crippen molar-refractivity contribution in [2.75, 3.05) is 0 Å². The Labute approximate surface area is 318 Å². The van der Waals surface area contributed by atoms with Crippen LogP contribution < -0.4 is 0 Å². The molecule has 0 heterocycles. The summed E-state index contributed by atoms with van der Waals surface area (Å²) in [5.41, 5.74) is 18.1. The summed E-state index contributed by atoms with van der Waals surface area (Å²) in [7, 11) is 0. The Bertz CT molecular complexity index is 1970. The van der Waals surface area contributed by atoms with E-state index in [1.165, 1.54) is 83.0 Å². The minimum Gasteiger partial charge on any atom is -0.147 e. The van der Waals surface area contributed by atoms with Gasteiger partial charge in [0.15, 0.2) is 0 Å². The van der Waals surface area contributed by atoms with E-state index >= 15 is 0 Å². The van der Waals surface area contributed by atoms with Crippen molar-refractivity contribution in [3.8, 4) is 22.3 Å². The van der Waals surface area contributed by atoms with Crippen LogP contribution >= 0.6 is 24.8 Å². The van der Waals surface area contributed by atoms with E-state index in [-0.39, 0.29) is 24.8 Å². The van der Waals surface area contributed by atoms with Crippen molar-refractivity contribution in [2.45, 2.75) is 101 Å². The second-order valence-electron chi connectivity index (χ2n) is 16.8. The fourth-order valence-electron chi connectivity index (χ4n) is 10.0. The largest absolute Gasteiger partial charge is 0.147 e. The average Bonchev–Trinajstić information content (AvgIpc) is 3.85. The van der Waals surface area contributed by atoms with Crippen LogP contribution in [0, 0.1) is 5.92 Å². The van der Waals surface area contributed by atoms with Crippen LogP contribution in [0.5, 0.6) is 0 Å². The molecule has 4 unspecified atom stereocenters. The van der Waals surface area contributed by atoms with Crippen LogP contribution in [0.4, 0.5) is 0 Å². The summed E-state index contributed by atoms with van der Waals surface area (Å²) in [6.07, 6.45) is 13.1. The van der Waals surface area contributed by atoms with Gasteiger partial charge >= 0.3 is 296 Å². The maximum absolute atomic E-state index is 3.68. The predicted octanol–water partition coefficient (Wildman–Crippen LogP) is 14.0. The molecule has 4 atom stereocenters. The average molecular weight is 801 g/mol. The van der Waals surface area contributed by atoms with Crippen LogP contribution in [0.15, 0.2) is 96.1 Å². The number of hydrogen-bond donors (Lipinski definition) is 0.